The molecular weight excluding hydrogens is 344 g/mol. The molecule has 0 unspecified atom stereocenters. The second-order valence-electron chi connectivity index (χ2n) is 5.91. The van der Waals surface area contributed by atoms with Gasteiger partial charge >= 0.3 is 0 Å². The molecule has 0 atom stereocenters. The molecule has 0 fully saturated rings. The van der Waals surface area contributed by atoms with Crippen molar-refractivity contribution in [2.75, 3.05) is 24.2 Å². The van der Waals surface area contributed by atoms with Crippen LogP contribution in [-0.4, -0.2) is 49.0 Å². The number of sulfonamides is 1. The summed E-state index contributed by atoms with van der Waals surface area (Å²) in [7, 11) is -1.89. The van der Waals surface area contributed by atoms with Crippen molar-refractivity contribution in [3.63, 3.8) is 0 Å². The van der Waals surface area contributed by atoms with Gasteiger partial charge in [0, 0.05) is 24.7 Å². The van der Waals surface area contributed by atoms with Gasteiger partial charge in [-0.05, 0) is 30.7 Å². The zero-order valence-electron chi connectivity index (χ0n) is 13.9. The average Bonchev–Trinajstić information content (AvgIpc) is 2.60. The van der Waals surface area contributed by atoms with Crippen molar-refractivity contribution in [2.24, 2.45) is 0 Å². The van der Waals surface area contributed by atoms with Gasteiger partial charge < -0.3 is 9.88 Å². The predicted molar refractivity (Wildman–Crippen MR) is 93.0 cm³/mol. The molecule has 0 aliphatic carbocycles. The molecule has 1 aliphatic heterocycles. The molecule has 0 radical (unpaired) electrons. The quantitative estimate of drug-likeness (QED) is 0.849. The number of benzene rings is 1. The van der Waals surface area contributed by atoms with Gasteiger partial charge in [-0.15, -0.1) is 0 Å². The van der Waals surface area contributed by atoms with Crippen molar-refractivity contribution in [3.8, 4) is 0 Å². The maximum absolute atomic E-state index is 12.7. The first-order valence-corrected chi connectivity index (χ1v) is 9.51. The minimum atomic E-state index is -3.35. The molecule has 1 aromatic heterocycles. The number of hydrogen-bond acceptors (Lipinski definition) is 5. The van der Waals surface area contributed by atoms with E-state index in [9.17, 15) is 18.0 Å². The molecule has 0 saturated heterocycles. The van der Waals surface area contributed by atoms with Gasteiger partial charge in [0.1, 0.15) is 0 Å². The van der Waals surface area contributed by atoms with E-state index in [0.717, 1.165) is 10.6 Å². The fraction of sp³-hybridized carbons (Fsp3) is 0.312. The van der Waals surface area contributed by atoms with Gasteiger partial charge in [-0.2, -0.15) is 0 Å². The number of nitrogens with one attached hydrogen (secondary N) is 1. The molecule has 0 spiro atoms. The Labute approximate surface area is 145 Å². The summed E-state index contributed by atoms with van der Waals surface area (Å²) in [5.74, 6) is -0.179. The monoisotopic (exact) mass is 362 g/mol. The summed E-state index contributed by atoms with van der Waals surface area (Å²) in [6.07, 6.45) is 2.91. The molecule has 9 heteroatoms. The van der Waals surface area contributed by atoms with Crippen LogP contribution in [0.5, 0.6) is 0 Å². The van der Waals surface area contributed by atoms with Crippen molar-refractivity contribution >= 4 is 21.6 Å². The lowest BCUT2D eigenvalue weighted by Gasteiger charge is -2.27. The number of anilines is 1. The standard InChI is InChI=1S/C16H18N4O4S/c1-19(25(2,23)24)12-5-3-11(4-6-12)16(22)20-8-7-13-14(9-20)17-10-18-15(13)21/h3-6,10H,7-9H2,1-2H3,(H,17,18,21). The highest BCUT2D eigenvalue weighted by atomic mass is 32.2. The number of hydrogen-bond donors (Lipinski definition) is 1. The summed E-state index contributed by atoms with van der Waals surface area (Å²) >= 11 is 0. The fourth-order valence-corrected chi connectivity index (χ4v) is 3.23. The van der Waals surface area contributed by atoms with Crippen molar-refractivity contribution in [2.45, 2.75) is 13.0 Å². The van der Waals surface area contributed by atoms with E-state index in [1.165, 1.54) is 13.4 Å². The largest absolute Gasteiger partial charge is 0.332 e. The highest BCUT2D eigenvalue weighted by molar-refractivity contribution is 7.92. The smallest absolute Gasteiger partial charge is 0.254 e. The third kappa shape index (κ3) is 3.41. The Bertz CT molecular complexity index is 966. The van der Waals surface area contributed by atoms with Gasteiger partial charge in [0.25, 0.3) is 11.5 Å². The van der Waals surface area contributed by atoms with Crippen LogP contribution in [0.2, 0.25) is 0 Å². The van der Waals surface area contributed by atoms with Crippen LogP contribution in [0.15, 0.2) is 35.4 Å². The van der Waals surface area contributed by atoms with Crippen molar-refractivity contribution < 1.29 is 13.2 Å². The SMILES string of the molecule is CN(c1ccc(C(=O)N2CCc3c(nc[nH]c3=O)C2)cc1)S(C)(=O)=O. The fourth-order valence-electron chi connectivity index (χ4n) is 2.73. The molecule has 25 heavy (non-hydrogen) atoms. The van der Waals surface area contributed by atoms with Crippen LogP contribution in [0.3, 0.4) is 0 Å². The Kier molecular flexibility index (Phi) is 4.34. The summed E-state index contributed by atoms with van der Waals surface area (Å²) in [5, 5.41) is 0. The van der Waals surface area contributed by atoms with E-state index in [-0.39, 0.29) is 18.0 Å². The third-order valence-electron chi connectivity index (χ3n) is 4.27. The van der Waals surface area contributed by atoms with Gasteiger partial charge in [-0.25, -0.2) is 13.4 Å². The lowest BCUT2D eigenvalue weighted by molar-refractivity contribution is 0.0731. The molecule has 2 aromatic rings. The zero-order valence-corrected chi connectivity index (χ0v) is 14.7. The Morgan fingerprint density at radius 3 is 2.60 bits per heavy atom. The molecule has 132 valence electrons. The number of aromatic amines is 1. The second kappa shape index (κ2) is 6.32. The predicted octanol–water partition coefficient (Wildman–Crippen LogP) is 0.364. The minimum absolute atomic E-state index is 0.162. The summed E-state index contributed by atoms with van der Waals surface area (Å²) in [5.41, 5.74) is 2.01. The lowest BCUT2D eigenvalue weighted by atomic mass is 10.1. The highest BCUT2D eigenvalue weighted by Gasteiger charge is 2.24. The number of fused-ring (bicyclic) bond motifs is 1. The maximum atomic E-state index is 12.7. The number of nitrogens with zero attached hydrogens (tertiary/aromatic N) is 3. The van der Waals surface area contributed by atoms with E-state index in [1.807, 2.05) is 0 Å². The van der Waals surface area contributed by atoms with E-state index >= 15 is 0 Å². The van der Waals surface area contributed by atoms with E-state index in [0.29, 0.717) is 35.5 Å². The summed E-state index contributed by atoms with van der Waals surface area (Å²) in [6.45, 7) is 0.717. The maximum Gasteiger partial charge on any atom is 0.254 e. The summed E-state index contributed by atoms with van der Waals surface area (Å²) in [4.78, 5) is 32.7. The van der Waals surface area contributed by atoms with Crippen LogP contribution in [-0.2, 0) is 23.0 Å². The molecule has 1 N–H and O–H groups in total. The zero-order chi connectivity index (χ0) is 18.2. The van der Waals surface area contributed by atoms with E-state index in [1.54, 1.807) is 29.2 Å². The normalized spacial score (nSPS) is 14.1. The molecule has 8 nitrogen and oxygen atoms in total. The van der Waals surface area contributed by atoms with E-state index in [2.05, 4.69) is 9.97 Å². The molecule has 3 rings (SSSR count). The van der Waals surface area contributed by atoms with Crippen LogP contribution in [0.25, 0.3) is 0 Å². The van der Waals surface area contributed by atoms with Gasteiger partial charge in [0.15, 0.2) is 0 Å². The third-order valence-corrected chi connectivity index (χ3v) is 5.48. The van der Waals surface area contributed by atoms with Crippen LogP contribution in [0.4, 0.5) is 5.69 Å². The van der Waals surface area contributed by atoms with Crippen LogP contribution in [0.1, 0.15) is 21.6 Å². The number of carbonyl (C=O) groups excluding carboxylic acids is 1. The van der Waals surface area contributed by atoms with E-state index < -0.39 is 10.0 Å². The second-order valence-corrected chi connectivity index (χ2v) is 7.92. The van der Waals surface area contributed by atoms with Crippen molar-refractivity contribution in [1.82, 2.24) is 14.9 Å². The summed E-state index contributed by atoms with van der Waals surface area (Å²) < 4.78 is 24.3. The van der Waals surface area contributed by atoms with Gasteiger partial charge in [-0.1, -0.05) is 0 Å². The number of carbonyl (C=O) groups is 1. The Morgan fingerprint density at radius 1 is 1.28 bits per heavy atom. The van der Waals surface area contributed by atoms with Gasteiger partial charge in [0.05, 0.1) is 30.5 Å². The molecule has 1 amide bonds. The highest BCUT2D eigenvalue weighted by Crippen LogP contribution is 2.19. The minimum Gasteiger partial charge on any atom is -0.332 e. The number of rotatable bonds is 3. The first-order valence-electron chi connectivity index (χ1n) is 7.66. The van der Waals surface area contributed by atoms with Crippen LogP contribution in [0, 0.1) is 0 Å². The van der Waals surface area contributed by atoms with Crippen LogP contribution < -0.4 is 9.86 Å². The Hall–Kier alpha value is -2.68. The average molecular weight is 362 g/mol. The Morgan fingerprint density at radius 2 is 1.96 bits per heavy atom. The first-order chi connectivity index (χ1) is 11.8. The van der Waals surface area contributed by atoms with Crippen molar-refractivity contribution in [1.29, 1.82) is 0 Å². The summed E-state index contributed by atoms with van der Waals surface area (Å²) in [6, 6.07) is 6.38. The van der Waals surface area contributed by atoms with Gasteiger partial charge in [0.2, 0.25) is 10.0 Å². The molecule has 2 heterocycles. The topological polar surface area (TPSA) is 103 Å². The first kappa shape index (κ1) is 17.2. The Balaban J connectivity index is 1.79. The number of H-pyrrole nitrogens is 1. The van der Waals surface area contributed by atoms with Crippen molar-refractivity contribution in [3.05, 3.63) is 57.8 Å². The molecular formula is C16H18N4O4S. The number of aromatic nitrogens is 2. The molecule has 0 saturated carbocycles. The molecule has 1 aliphatic rings. The van der Waals surface area contributed by atoms with Crippen LogP contribution >= 0.6 is 0 Å². The van der Waals surface area contributed by atoms with Gasteiger partial charge in [-0.3, -0.25) is 13.9 Å². The lowest BCUT2D eigenvalue weighted by Crippen LogP contribution is -2.38. The molecule has 1 aromatic carbocycles. The molecule has 0 bridgehead atoms. The number of amides is 1. The van der Waals surface area contributed by atoms with E-state index in [4.69, 9.17) is 0 Å².